The zero-order valence-corrected chi connectivity index (χ0v) is 21.2. The van der Waals surface area contributed by atoms with E-state index in [2.05, 4.69) is 49.1 Å². The minimum atomic E-state index is -0.140. The fourth-order valence-corrected chi connectivity index (χ4v) is 5.05. The quantitative estimate of drug-likeness (QED) is 0.254. The van der Waals surface area contributed by atoms with Crippen molar-refractivity contribution in [3.63, 3.8) is 0 Å². The molecular weight excluding hydrogens is 443 g/mol. The summed E-state index contributed by atoms with van der Waals surface area (Å²) in [5.74, 6) is 7.26. The molecule has 0 spiro atoms. The zero-order chi connectivity index (χ0) is 25.1. The molecule has 0 unspecified atom stereocenters. The second kappa shape index (κ2) is 10.4. The van der Waals surface area contributed by atoms with Crippen LogP contribution in [0.1, 0.15) is 60.9 Å². The molecule has 4 aromatic carbocycles. The largest absolute Gasteiger partial charge is 0.494 e. The van der Waals surface area contributed by atoms with Gasteiger partial charge >= 0.3 is 0 Å². The van der Waals surface area contributed by atoms with E-state index in [-0.39, 0.29) is 5.82 Å². The van der Waals surface area contributed by atoms with Crippen LogP contribution >= 0.6 is 0 Å². The van der Waals surface area contributed by atoms with Crippen molar-refractivity contribution in [2.45, 2.75) is 46.5 Å². The fourth-order valence-electron chi connectivity index (χ4n) is 5.05. The molecule has 0 N–H and O–H groups in total. The Labute approximate surface area is 213 Å². The first kappa shape index (κ1) is 23.9. The van der Waals surface area contributed by atoms with E-state index in [1.807, 2.05) is 50.2 Å². The number of fused-ring (bicyclic) bond motifs is 2. The third-order valence-corrected chi connectivity index (χ3v) is 6.93. The Morgan fingerprint density at radius 2 is 1.58 bits per heavy atom. The lowest BCUT2D eigenvalue weighted by Gasteiger charge is -2.12. The van der Waals surface area contributed by atoms with Gasteiger partial charge in [0.15, 0.2) is 0 Å². The molecule has 36 heavy (non-hydrogen) atoms. The van der Waals surface area contributed by atoms with Gasteiger partial charge in [0.2, 0.25) is 0 Å². The average molecular weight is 475 g/mol. The first-order valence-electron chi connectivity index (χ1n) is 12.9. The summed E-state index contributed by atoms with van der Waals surface area (Å²) >= 11 is 0. The van der Waals surface area contributed by atoms with Crippen molar-refractivity contribution in [2.75, 3.05) is 6.61 Å². The van der Waals surface area contributed by atoms with Crippen LogP contribution < -0.4 is 4.74 Å². The summed E-state index contributed by atoms with van der Waals surface area (Å²) in [6, 6.07) is 22.0. The SMILES string of the molecule is CCCCC1=Cc2c(cc(F)c(-c3ccc(C#Cc4ccc5cc(OCC)ccc5c4)cc3)c2C)C1. The second-order valence-electron chi connectivity index (χ2n) is 9.50. The third kappa shape index (κ3) is 4.93. The van der Waals surface area contributed by atoms with E-state index in [4.69, 9.17) is 4.74 Å². The van der Waals surface area contributed by atoms with Crippen molar-refractivity contribution in [1.29, 1.82) is 0 Å². The number of rotatable bonds is 6. The van der Waals surface area contributed by atoms with Gasteiger partial charge in [-0.15, -0.1) is 0 Å². The number of unbranched alkanes of at least 4 members (excludes halogenated alkanes) is 1. The van der Waals surface area contributed by atoms with Crippen LogP contribution in [0.4, 0.5) is 4.39 Å². The zero-order valence-electron chi connectivity index (χ0n) is 21.2. The van der Waals surface area contributed by atoms with E-state index in [0.717, 1.165) is 57.2 Å². The van der Waals surface area contributed by atoms with Crippen LogP contribution in [0.25, 0.3) is 28.0 Å². The minimum absolute atomic E-state index is 0.140. The Morgan fingerprint density at radius 1 is 0.861 bits per heavy atom. The van der Waals surface area contributed by atoms with Gasteiger partial charge in [0.1, 0.15) is 11.6 Å². The predicted molar refractivity (Wildman–Crippen MR) is 149 cm³/mol. The Bertz CT molecular complexity index is 1510. The van der Waals surface area contributed by atoms with E-state index < -0.39 is 0 Å². The summed E-state index contributed by atoms with van der Waals surface area (Å²) in [6.45, 7) is 6.89. The first-order chi connectivity index (χ1) is 17.6. The summed E-state index contributed by atoms with van der Waals surface area (Å²) in [6.07, 6.45) is 6.62. The number of benzene rings is 4. The molecule has 0 atom stereocenters. The highest BCUT2D eigenvalue weighted by Crippen LogP contribution is 2.37. The summed E-state index contributed by atoms with van der Waals surface area (Å²) in [4.78, 5) is 0. The van der Waals surface area contributed by atoms with Crippen LogP contribution in [0.5, 0.6) is 5.75 Å². The van der Waals surface area contributed by atoms with Crippen LogP contribution in [-0.2, 0) is 6.42 Å². The monoisotopic (exact) mass is 474 g/mol. The molecule has 0 aromatic heterocycles. The highest BCUT2D eigenvalue weighted by Gasteiger charge is 2.20. The van der Waals surface area contributed by atoms with E-state index in [1.54, 1.807) is 6.07 Å². The number of allylic oxidation sites excluding steroid dienone is 1. The third-order valence-electron chi connectivity index (χ3n) is 6.93. The van der Waals surface area contributed by atoms with Crippen molar-refractivity contribution < 1.29 is 9.13 Å². The minimum Gasteiger partial charge on any atom is -0.494 e. The van der Waals surface area contributed by atoms with Crippen molar-refractivity contribution in [3.8, 4) is 28.7 Å². The molecule has 0 aliphatic heterocycles. The summed E-state index contributed by atoms with van der Waals surface area (Å²) in [7, 11) is 0. The van der Waals surface area contributed by atoms with E-state index in [0.29, 0.717) is 12.2 Å². The molecule has 0 saturated heterocycles. The van der Waals surface area contributed by atoms with Gasteiger partial charge in [-0.05, 0) is 109 Å². The van der Waals surface area contributed by atoms with Crippen LogP contribution in [0.15, 0.2) is 72.3 Å². The topological polar surface area (TPSA) is 9.23 Å². The molecule has 0 saturated carbocycles. The molecule has 5 rings (SSSR count). The highest BCUT2D eigenvalue weighted by molar-refractivity contribution is 5.85. The van der Waals surface area contributed by atoms with Crippen molar-refractivity contribution >= 4 is 16.8 Å². The van der Waals surface area contributed by atoms with E-state index in [1.165, 1.54) is 24.0 Å². The molecule has 0 amide bonds. The molecule has 0 heterocycles. The predicted octanol–water partition coefficient (Wildman–Crippen LogP) is 8.88. The molecule has 4 aromatic rings. The molecule has 1 aliphatic carbocycles. The van der Waals surface area contributed by atoms with Crippen molar-refractivity contribution in [2.24, 2.45) is 0 Å². The molecule has 2 heteroatoms. The van der Waals surface area contributed by atoms with Gasteiger partial charge in [-0.3, -0.25) is 0 Å². The van der Waals surface area contributed by atoms with Crippen LogP contribution in [0.3, 0.4) is 0 Å². The van der Waals surface area contributed by atoms with Gasteiger partial charge in [0.25, 0.3) is 0 Å². The van der Waals surface area contributed by atoms with Gasteiger partial charge in [-0.1, -0.05) is 61.1 Å². The summed E-state index contributed by atoms with van der Waals surface area (Å²) in [5, 5.41) is 2.27. The smallest absolute Gasteiger partial charge is 0.131 e. The molecular formula is C34H31FO. The normalized spacial score (nSPS) is 12.2. The van der Waals surface area contributed by atoms with Crippen molar-refractivity contribution in [1.82, 2.24) is 0 Å². The lowest BCUT2D eigenvalue weighted by molar-refractivity contribution is 0.341. The second-order valence-corrected chi connectivity index (χ2v) is 9.50. The molecule has 0 fully saturated rings. The Balaban J connectivity index is 1.38. The summed E-state index contributed by atoms with van der Waals surface area (Å²) < 4.78 is 20.8. The van der Waals surface area contributed by atoms with Gasteiger partial charge in [-0.2, -0.15) is 0 Å². The molecule has 1 aliphatic rings. The Kier molecular flexibility index (Phi) is 6.92. The maximum absolute atomic E-state index is 15.2. The average Bonchev–Trinajstić information content (AvgIpc) is 3.30. The van der Waals surface area contributed by atoms with Gasteiger partial charge in [0, 0.05) is 16.7 Å². The number of ether oxygens (including phenoxy) is 1. The van der Waals surface area contributed by atoms with E-state index in [9.17, 15) is 0 Å². The maximum atomic E-state index is 15.2. The maximum Gasteiger partial charge on any atom is 0.131 e. The Hall–Kier alpha value is -3.83. The highest BCUT2D eigenvalue weighted by atomic mass is 19.1. The lowest BCUT2D eigenvalue weighted by Crippen LogP contribution is -1.96. The van der Waals surface area contributed by atoms with Gasteiger partial charge in [-0.25, -0.2) is 4.39 Å². The number of halogens is 1. The van der Waals surface area contributed by atoms with Crippen molar-refractivity contribution in [3.05, 3.63) is 106 Å². The fraction of sp³-hybridized carbons (Fsp3) is 0.235. The summed E-state index contributed by atoms with van der Waals surface area (Å²) in [5.41, 5.74) is 8.22. The molecule has 1 nitrogen and oxygen atoms in total. The molecule has 0 radical (unpaired) electrons. The first-order valence-corrected chi connectivity index (χ1v) is 12.9. The number of hydrogen-bond acceptors (Lipinski definition) is 1. The Morgan fingerprint density at radius 3 is 2.36 bits per heavy atom. The van der Waals surface area contributed by atoms with Crippen LogP contribution in [0, 0.1) is 24.6 Å². The molecule has 0 bridgehead atoms. The number of hydrogen-bond donors (Lipinski definition) is 0. The van der Waals surface area contributed by atoms with Crippen LogP contribution in [-0.4, -0.2) is 6.61 Å². The van der Waals surface area contributed by atoms with Crippen LogP contribution in [0.2, 0.25) is 0 Å². The van der Waals surface area contributed by atoms with E-state index >= 15 is 4.39 Å². The van der Waals surface area contributed by atoms with Gasteiger partial charge in [0.05, 0.1) is 6.61 Å². The molecule has 180 valence electrons. The van der Waals surface area contributed by atoms with Gasteiger partial charge < -0.3 is 4.74 Å². The lowest BCUT2D eigenvalue weighted by atomic mass is 9.93. The standard InChI is InChI=1S/C34H31FO/c1-4-6-7-26-19-30-22-33(35)34(23(3)32(30)20-26)27-13-10-24(11-14-27)8-9-25-12-15-29-21-31(36-5-2)17-16-28(29)18-25/h10-18,20-22H,4-7,19H2,1-3H3.